The van der Waals surface area contributed by atoms with Gasteiger partial charge in [-0.2, -0.15) is 0 Å². The van der Waals surface area contributed by atoms with Gasteiger partial charge in [-0.15, -0.1) is 0 Å². The fraction of sp³-hybridized carbons (Fsp3) is 0. The number of benzene rings is 3. The van der Waals surface area contributed by atoms with Crippen LogP contribution < -0.4 is 10.2 Å². The second-order valence-electron chi connectivity index (χ2n) is 4.94. The van der Waals surface area contributed by atoms with Crippen molar-refractivity contribution in [2.24, 2.45) is 0 Å². The maximum atomic E-state index is 12.8. The van der Waals surface area contributed by atoms with E-state index in [2.05, 4.69) is 21.2 Å². The highest BCUT2D eigenvalue weighted by Crippen LogP contribution is 2.27. The number of urea groups is 1. The number of para-hydroxylation sites is 2. The fourth-order valence-electron chi connectivity index (χ4n) is 2.25. The Kier molecular flexibility index (Phi) is 4.74. The zero-order chi connectivity index (χ0) is 16.1. The molecule has 0 aliphatic heterocycles. The zero-order valence-electron chi connectivity index (χ0n) is 12.3. The molecule has 0 spiro atoms. The molecule has 114 valence electrons. The van der Waals surface area contributed by atoms with Crippen LogP contribution in [0, 0.1) is 0 Å². The van der Waals surface area contributed by atoms with Crippen molar-refractivity contribution in [3.05, 3.63) is 89.4 Å². The summed E-state index contributed by atoms with van der Waals surface area (Å²) in [5, 5.41) is 2.93. The highest BCUT2D eigenvalue weighted by atomic mass is 79.9. The Bertz CT molecular complexity index is 773. The molecule has 3 aromatic carbocycles. The summed E-state index contributed by atoms with van der Waals surface area (Å²) in [6.07, 6.45) is 0. The molecule has 0 unspecified atom stereocenters. The summed E-state index contributed by atoms with van der Waals surface area (Å²) in [6, 6.07) is 26.4. The van der Waals surface area contributed by atoms with Crippen molar-refractivity contribution in [3.63, 3.8) is 0 Å². The number of hydrogen-bond acceptors (Lipinski definition) is 1. The van der Waals surface area contributed by atoms with Gasteiger partial charge >= 0.3 is 6.03 Å². The van der Waals surface area contributed by atoms with Crippen LogP contribution in [0.15, 0.2) is 89.4 Å². The van der Waals surface area contributed by atoms with Crippen LogP contribution in [0.1, 0.15) is 0 Å². The molecule has 0 aliphatic rings. The molecule has 0 saturated carbocycles. The van der Waals surface area contributed by atoms with Crippen molar-refractivity contribution in [1.82, 2.24) is 0 Å². The average Bonchev–Trinajstić information content (AvgIpc) is 2.59. The van der Waals surface area contributed by atoms with E-state index in [-0.39, 0.29) is 6.03 Å². The van der Waals surface area contributed by atoms with Crippen LogP contribution in [0.3, 0.4) is 0 Å². The van der Waals surface area contributed by atoms with E-state index in [4.69, 9.17) is 0 Å². The van der Waals surface area contributed by atoms with Crippen LogP contribution in [0.2, 0.25) is 0 Å². The fourth-order valence-corrected chi connectivity index (χ4v) is 2.52. The van der Waals surface area contributed by atoms with Crippen molar-refractivity contribution >= 4 is 39.0 Å². The minimum absolute atomic E-state index is 0.204. The first-order valence-corrected chi connectivity index (χ1v) is 8.00. The smallest absolute Gasteiger partial charge is 0.307 e. The molecule has 0 aromatic heterocycles. The molecular weight excluding hydrogens is 352 g/mol. The van der Waals surface area contributed by atoms with Crippen LogP contribution in [0.4, 0.5) is 21.9 Å². The molecule has 0 heterocycles. The number of halogens is 1. The highest BCUT2D eigenvalue weighted by molar-refractivity contribution is 9.10. The lowest BCUT2D eigenvalue weighted by Crippen LogP contribution is -2.30. The normalized spacial score (nSPS) is 10.1. The van der Waals surface area contributed by atoms with Crippen molar-refractivity contribution in [3.8, 4) is 0 Å². The summed E-state index contributed by atoms with van der Waals surface area (Å²) >= 11 is 3.42. The van der Waals surface area contributed by atoms with E-state index in [0.717, 1.165) is 21.5 Å². The van der Waals surface area contributed by atoms with Gasteiger partial charge in [-0.05, 0) is 48.5 Å². The number of carbonyl (C=O) groups excluding carboxylic acids is 1. The van der Waals surface area contributed by atoms with Crippen LogP contribution in [0.25, 0.3) is 0 Å². The molecule has 0 aliphatic carbocycles. The minimum Gasteiger partial charge on any atom is -0.307 e. The first-order chi connectivity index (χ1) is 11.2. The molecular formula is C19H15BrN2O. The van der Waals surface area contributed by atoms with E-state index in [9.17, 15) is 4.79 Å². The van der Waals surface area contributed by atoms with Crippen molar-refractivity contribution in [1.29, 1.82) is 0 Å². The predicted molar refractivity (Wildman–Crippen MR) is 98.2 cm³/mol. The number of nitrogens with zero attached hydrogens (tertiary/aromatic N) is 1. The van der Waals surface area contributed by atoms with Gasteiger partial charge in [0.25, 0.3) is 0 Å². The monoisotopic (exact) mass is 366 g/mol. The van der Waals surface area contributed by atoms with Gasteiger partial charge in [0.1, 0.15) is 0 Å². The zero-order valence-corrected chi connectivity index (χ0v) is 13.9. The summed E-state index contributed by atoms with van der Waals surface area (Å²) in [4.78, 5) is 14.5. The Morgan fingerprint density at radius 3 is 1.87 bits per heavy atom. The number of rotatable bonds is 3. The topological polar surface area (TPSA) is 32.3 Å². The maximum Gasteiger partial charge on any atom is 0.330 e. The van der Waals surface area contributed by atoms with Gasteiger partial charge in [0.05, 0.1) is 11.4 Å². The molecule has 0 atom stereocenters. The molecule has 4 heteroatoms. The van der Waals surface area contributed by atoms with Gasteiger partial charge in [-0.3, -0.25) is 4.90 Å². The highest BCUT2D eigenvalue weighted by Gasteiger charge is 2.17. The van der Waals surface area contributed by atoms with E-state index in [0.29, 0.717) is 0 Å². The van der Waals surface area contributed by atoms with E-state index in [1.807, 2.05) is 84.9 Å². The molecule has 0 fully saturated rings. The van der Waals surface area contributed by atoms with Gasteiger partial charge in [-0.1, -0.05) is 52.3 Å². The molecule has 0 bridgehead atoms. The molecule has 1 N–H and O–H groups in total. The maximum absolute atomic E-state index is 12.8. The third kappa shape index (κ3) is 3.79. The van der Waals surface area contributed by atoms with E-state index >= 15 is 0 Å². The van der Waals surface area contributed by atoms with Crippen LogP contribution in [-0.4, -0.2) is 6.03 Å². The van der Waals surface area contributed by atoms with Gasteiger partial charge in [-0.25, -0.2) is 4.79 Å². The molecule has 3 nitrogen and oxygen atoms in total. The van der Waals surface area contributed by atoms with E-state index < -0.39 is 0 Å². The third-order valence-electron chi connectivity index (χ3n) is 3.33. The molecule has 0 saturated heterocycles. The molecule has 23 heavy (non-hydrogen) atoms. The van der Waals surface area contributed by atoms with Gasteiger partial charge < -0.3 is 5.32 Å². The number of nitrogens with one attached hydrogen (secondary N) is 1. The summed E-state index contributed by atoms with van der Waals surface area (Å²) in [5.41, 5.74) is 2.37. The van der Waals surface area contributed by atoms with E-state index in [1.54, 1.807) is 4.90 Å². The Hall–Kier alpha value is -2.59. The summed E-state index contributed by atoms with van der Waals surface area (Å²) in [6.45, 7) is 0. The Morgan fingerprint density at radius 1 is 0.739 bits per heavy atom. The summed E-state index contributed by atoms with van der Waals surface area (Å²) in [5.74, 6) is 0. The summed E-state index contributed by atoms with van der Waals surface area (Å²) < 4.78 is 0.970. The Labute approximate surface area is 143 Å². The number of amides is 2. The lowest BCUT2D eigenvalue weighted by atomic mass is 10.2. The van der Waals surface area contributed by atoms with Crippen molar-refractivity contribution in [2.45, 2.75) is 0 Å². The standard InChI is InChI=1S/C19H15BrN2O/c20-15-11-13-18(14-12-15)22(17-9-5-2-6-10-17)19(23)21-16-7-3-1-4-8-16/h1-14H,(H,21,23). The van der Waals surface area contributed by atoms with Crippen LogP contribution >= 0.6 is 15.9 Å². The predicted octanol–water partition coefficient (Wildman–Crippen LogP) is 5.82. The Balaban J connectivity index is 1.95. The number of hydrogen-bond donors (Lipinski definition) is 1. The first kappa shape index (κ1) is 15.3. The van der Waals surface area contributed by atoms with Crippen molar-refractivity contribution < 1.29 is 4.79 Å². The quantitative estimate of drug-likeness (QED) is 0.622. The minimum atomic E-state index is -0.204. The van der Waals surface area contributed by atoms with Crippen molar-refractivity contribution in [2.75, 3.05) is 10.2 Å². The largest absolute Gasteiger partial charge is 0.330 e. The molecule has 2 amide bonds. The number of carbonyl (C=O) groups is 1. The number of anilines is 3. The summed E-state index contributed by atoms with van der Waals surface area (Å²) in [7, 11) is 0. The lowest BCUT2D eigenvalue weighted by Gasteiger charge is -2.23. The second kappa shape index (κ2) is 7.11. The molecule has 3 aromatic rings. The molecule has 0 radical (unpaired) electrons. The van der Waals surface area contributed by atoms with Gasteiger partial charge in [0.15, 0.2) is 0 Å². The van der Waals surface area contributed by atoms with Crippen LogP contribution in [0.5, 0.6) is 0 Å². The first-order valence-electron chi connectivity index (χ1n) is 7.21. The SMILES string of the molecule is O=C(Nc1ccccc1)N(c1ccccc1)c1ccc(Br)cc1. The van der Waals surface area contributed by atoms with Crippen LogP contribution in [-0.2, 0) is 0 Å². The van der Waals surface area contributed by atoms with E-state index in [1.165, 1.54) is 0 Å². The van der Waals surface area contributed by atoms with Gasteiger partial charge in [0.2, 0.25) is 0 Å². The molecule has 3 rings (SSSR count). The average molecular weight is 367 g/mol. The van der Waals surface area contributed by atoms with Gasteiger partial charge in [0, 0.05) is 10.2 Å². The lowest BCUT2D eigenvalue weighted by molar-refractivity contribution is 0.259. The Morgan fingerprint density at radius 2 is 1.26 bits per heavy atom. The second-order valence-corrected chi connectivity index (χ2v) is 5.86. The third-order valence-corrected chi connectivity index (χ3v) is 3.86.